The zero-order valence-electron chi connectivity index (χ0n) is 16.6. The summed E-state index contributed by atoms with van der Waals surface area (Å²) in [5.41, 5.74) is -0.900. The largest absolute Gasteiger partial charge is 0.493 e. The second-order valence-corrected chi connectivity index (χ2v) is 9.33. The number of aliphatic hydroxyl groups excluding tert-OH is 1. The number of ether oxygens (including phenoxy) is 2. The Bertz CT molecular complexity index is 769. The molecule has 6 nitrogen and oxygen atoms in total. The first-order chi connectivity index (χ1) is 12.6. The minimum atomic E-state index is -1.06. The van der Waals surface area contributed by atoms with E-state index < -0.39 is 29.0 Å². The molecule has 6 heteroatoms. The maximum atomic E-state index is 13.6. The van der Waals surface area contributed by atoms with Crippen LogP contribution in [0.5, 0.6) is 0 Å². The number of carbonyl (C=O) groups excluding carboxylic acids is 3. The Morgan fingerprint density at radius 1 is 1.19 bits per heavy atom. The summed E-state index contributed by atoms with van der Waals surface area (Å²) in [5.74, 6) is -1.40. The third-order valence-electron chi connectivity index (χ3n) is 8.24. The van der Waals surface area contributed by atoms with Gasteiger partial charge >= 0.3 is 5.97 Å². The van der Waals surface area contributed by atoms with Crippen LogP contribution in [0.3, 0.4) is 0 Å². The molecular formula is C21H28O6. The van der Waals surface area contributed by atoms with E-state index in [1.807, 2.05) is 27.7 Å². The second-order valence-electron chi connectivity index (χ2n) is 9.33. The summed E-state index contributed by atoms with van der Waals surface area (Å²) in [6.45, 7) is 7.67. The Morgan fingerprint density at radius 3 is 2.48 bits per heavy atom. The number of allylic oxidation sites excluding steroid dienone is 2. The van der Waals surface area contributed by atoms with Gasteiger partial charge in [0.2, 0.25) is 5.78 Å². The number of aliphatic hydroxyl groups is 1. The zero-order valence-corrected chi connectivity index (χ0v) is 16.6. The molecule has 0 aromatic carbocycles. The number of fused-ring (bicyclic) bond motifs is 2. The summed E-state index contributed by atoms with van der Waals surface area (Å²) in [6, 6.07) is 0. The van der Waals surface area contributed by atoms with Crippen molar-refractivity contribution in [1.82, 2.24) is 0 Å². The first-order valence-corrected chi connectivity index (χ1v) is 9.79. The van der Waals surface area contributed by atoms with Crippen molar-refractivity contribution in [2.45, 2.75) is 59.2 Å². The molecule has 4 aliphatic rings. The third kappa shape index (κ3) is 2.08. The standard InChI is InChI=1S/C21H28O6/c1-9-6-13(22)19(25)21(4)11(9)7-14-20(3)12(8-15(23)27-14)10(2)17(26-5)16(24)18(20)21/h9,11-14,18,22H,6-8H2,1-5H3. The molecule has 1 heterocycles. The fourth-order valence-electron chi connectivity index (χ4n) is 7.02. The summed E-state index contributed by atoms with van der Waals surface area (Å²) < 4.78 is 11.2. The average Bonchev–Trinajstić information content (AvgIpc) is 2.58. The van der Waals surface area contributed by atoms with Crippen molar-refractivity contribution in [2.75, 3.05) is 7.11 Å². The van der Waals surface area contributed by atoms with E-state index in [1.54, 1.807) is 0 Å². The summed E-state index contributed by atoms with van der Waals surface area (Å²) in [4.78, 5) is 39.2. The molecule has 0 spiro atoms. The number of Topliss-reactive ketones (excluding diaryl/α,β-unsaturated/α-hetero) is 2. The zero-order chi connectivity index (χ0) is 19.9. The summed E-state index contributed by atoms with van der Waals surface area (Å²) in [7, 11) is 1.46. The maximum absolute atomic E-state index is 13.6. The number of ketones is 2. The van der Waals surface area contributed by atoms with E-state index in [2.05, 4.69) is 0 Å². The van der Waals surface area contributed by atoms with Gasteiger partial charge in [0.1, 0.15) is 12.2 Å². The van der Waals surface area contributed by atoms with Crippen molar-refractivity contribution >= 4 is 17.5 Å². The number of hydrogen-bond acceptors (Lipinski definition) is 6. The fraction of sp³-hybridized carbons (Fsp3) is 0.762. The second kappa shape index (κ2) is 5.66. The van der Waals surface area contributed by atoms with Crippen LogP contribution >= 0.6 is 0 Å². The molecule has 1 N–H and O–H groups in total. The van der Waals surface area contributed by atoms with Gasteiger partial charge < -0.3 is 14.6 Å². The summed E-state index contributed by atoms with van der Waals surface area (Å²) in [6.07, 6.45) is -0.352. The van der Waals surface area contributed by atoms with E-state index in [0.717, 1.165) is 5.57 Å². The molecule has 0 bridgehead atoms. The van der Waals surface area contributed by atoms with E-state index in [-0.39, 0.29) is 47.5 Å². The SMILES string of the molecule is COC1=C(C)C2CC(=O)OC3CC4C(C)CC(O)C(=O)C4(C)C(C1=O)C32C. The lowest BCUT2D eigenvalue weighted by Gasteiger charge is -2.65. The fourth-order valence-corrected chi connectivity index (χ4v) is 7.02. The minimum absolute atomic E-state index is 0.0529. The molecule has 3 fully saturated rings. The Balaban J connectivity index is 1.97. The van der Waals surface area contributed by atoms with Gasteiger partial charge in [-0.3, -0.25) is 14.4 Å². The van der Waals surface area contributed by atoms with E-state index in [1.165, 1.54) is 7.11 Å². The van der Waals surface area contributed by atoms with Gasteiger partial charge in [0.25, 0.3) is 0 Å². The van der Waals surface area contributed by atoms with Crippen molar-refractivity contribution in [2.24, 2.45) is 34.5 Å². The quantitative estimate of drug-likeness (QED) is 0.705. The predicted molar refractivity (Wildman–Crippen MR) is 95.3 cm³/mol. The molecule has 0 aromatic heterocycles. The van der Waals surface area contributed by atoms with Crippen LogP contribution in [0.15, 0.2) is 11.3 Å². The maximum Gasteiger partial charge on any atom is 0.306 e. The third-order valence-corrected chi connectivity index (χ3v) is 8.24. The molecule has 4 rings (SSSR count). The van der Waals surface area contributed by atoms with Crippen LogP contribution in [-0.2, 0) is 23.9 Å². The molecular weight excluding hydrogens is 348 g/mol. The Kier molecular flexibility index (Phi) is 3.91. The molecule has 1 saturated heterocycles. The highest BCUT2D eigenvalue weighted by Crippen LogP contribution is 2.67. The molecule has 2 saturated carbocycles. The number of esters is 1. The lowest BCUT2D eigenvalue weighted by molar-refractivity contribution is -0.224. The van der Waals surface area contributed by atoms with Crippen LogP contribution in [0.4, 0.5) is 0 Å². The molecule has 0 radical (unpaired) electrons. The van der Waals surface area contributed by atoms with Crippen LogP contribution in [-0.4, -0.2) is 42.0 Å². The molecule has 148 valence electrons. The van der Waals surface area contributed by atoms with Crippen LogP contribution in [0.1, 0.15) is 47.0 Å². The highest BCUT2D eigenvalue weighted by Gasteiger charge is 2.72. The topological polar surface area (TPSA) is 89.9 Å². The Labute approximate surface area is 159 Å². The van der Waals surface area contributed by atoms with Gasteiger partial charge in [-0.1, -0.05) is 20.8 Å². The number of rotatable bonds is 1. The molecule has 8 unspecified atom stereocenters. The summed E-state index contributed by atoms with van der Waals surface area (Å²) in [5, 5.41) is 10.4. The van der Waals surface area contributed by atoms with E-state index in [9.17, 15) is 19.5 Å². The highest BCUT2D eigenvalue weighted by atomic mass is 16.5. The van der Waals surface area contributed by atoms with Gasteiger partial charge in [-0.2, -0.15) is 0 Å². The van der Waals surface area contributed by atoms with Crippen molar-refractivity contribution < 1.29 is 29.0 Å². The van der Waals surface area contributed by atoms with Crippen LogP contribution < -0.4 is 0 Å². The van der Waals surface area contributed by atoms with Gasteiger partial charge in [-0.25, -0.2) is 0 Å². The molecule has 1 aliphatic heterocycles. The number of carbonyl (C=O) groups is 3. The van der Waals surface area contributed by atoms with Gasteiger partial charge in [-0.05, 0) is 37.2 Å². The molecule has 0 amide bonds. The first-order valence-electron chi connectivity index (χ1n) is 9.79. The van der Waals surface area contributed by atoms with Gasteiger partial charge in [0.15, 0.2) is 11.5 Å². The van der Waals surface area contributed by atoms with Crippen molar-refractivity contribution in [3.8, 4) is 0 Å². The van der Waals surface area contributed by atoms with Gasteiger partial charge in [0.05, 0.1) is 13.5 Å². The average molecular weight is 376 g/mol. The highest BCUT2D eigenvalue weighted by molar-refractivity contribution is 6.04. The van der Waals surface area contributed by atoms with Crippen LogP contribution in [0.2, 0.25) is 0 Å². The van der Waals surface area contributed by atoms with E-state index in [0.29, 0.717) is 12.8 Å². The lowest BCUT2D eigenvalue weighted by atomic mass is 9.39. The van der Waals surface area contributed by atoms with Crippen molar-refractivity contribution in [1.29, 1.82) is 0 Å². The first kappa shape index (κ1) is 18.7. The number of hydrogen-bond donors (Lipinski definition) is 1. The molecule has 0 aromatic rings. The normalized spacial score (nSPS) is 49.3. The van der Waals surface area contributed by atoms with Crippen LogP contribution in [0.25, 0.3) is 0 Å². The monoisotopic (exact) mass is 376 g/mol. The van der Waals surface area contributed by atoms with Crippen molar-refractivity contribution in [3.63, 3.8) is 0 Å². The smallest absolute Gasteiger partial charge is 0.306 e. The van der Waals surface area contributed by atoms with E-state index >= 15 is 0 Å². The molecule has 27 heavy (non-hydrogen) atoms. The predicted octanol–water partition coefficient (Wildman–Crippen LogP) is 2.04. The lowest BCUT2D eigenvalue weighted by Crippen LogP contribution is -2.70. The van der Waals surface area contributed by atoms with E-state index in [4.69, 9.17) is 9.47 Å². The minimum Gasteiger partial charge on any atom is -0.493 e. The van der Waals surface area contributed by atoms with Crippen LogP contribution in [0, 0.1) is 34.5 Å². The van der Waals surface area contributed by atoms with Gasteiger partial charge in [-0.15, -0.1) is 0 Å². The Morgan fingerprint density at radius 2 is 1.85 bits per heavy atom. The molecule has 8 atom stereocenters. The van der Waals surface area contributed by atoms with Crippen molar-refractivity contribution in [3.05, 3.63) is 11.3 Å². The molecule has 3 aliphatic carbocycles. The summed E-state index contributed by atoms with van der Waals surface area (Å²) >= 11 is 0. The Hall–Kier alpha value is -1.69. The van der Waals surface area contributed by atoms with Gasteiger partial charge in [0, 0.05) is 22.7 Å². The number of methoxy groups -OCH3 is 1.